The summed E-state index contributed by atoms with van der Waals surface area (Å²) in [6, 6.07) is 3.33. The van der Waals surface area contributed by atoms with Gasteiger partial charge in [-0.1, -0.05) is 6.92 Å². The molecule has 1 aromatic rings. The first-order chi connectivity index (χ1) is 9.45. The zero-order valence-corrected chi connectivity index (χ0v) is 11.7. The van der Waals surface area contributed by atoms with Crippen LogP contribution >= 0.6 is 0 Å². The van der Waals surface area contributed by atoms with Crippen LogP contribution in [0.2, 0.25) is 0 Å². The molecule has 0 aliphatic carbocycles. The van der Waals surface area contributed by atoms with Crippen LogP contribution in [0.5, 0.6) is 0 Å². The lowest BCUT2D eigenvalue weighted by atomic mass is 9.91. The molecule has 108 valence electrons. The fraction of sp³-hybridized carbons (Fsp3) is 0.500. The number of carboxylic acid groups (broad SMARTS) is 1. The molecule has 1 aliphatic heterocycles. The van der Waals surface area contributed by atoms with Crippen molar-refractivity contribution in [3.63, 3.8) is 0 Å². The molecule has 1 fully saturated rings. The highest BCUT2D eigenvalue weighted by Crippen LogP contribution is 2.22. The Morgan fingerprint density at radius 3 is 2.85 bits per heavy atom. The number of pyridine rings is 1. The SMILES string of the molecule is Cc1ccnc(NC(=O)N2CC(C)CC(C(=O)O)C2)c1. The van der Waals surface area contributed by atoms with E-state index >= 15 is 0 Å². The van der Waals surface area contributed by atoms with Crippen LogP contribution in [0.3, 0.4) is 0 Å². The molecule has 20 heavy (non-hydrogen) atoms. The quantitative estimate of drug-likeness (QED) is 0.865. The van der Waals surface area contributed by atoms with Gasteiger partial charge < -0.3 is 10.0 Å². The van der Waals surface area contributed by atoms with Crippen molar-refractivity contribution >= 4 is 17.8 Å². The molecule has 1 saturated heterocycles. The summed E-state index contributed by atoms with van der Waals surface area (Å²) in [5.41, 5.74) is 1.01. The Morgan fingerprint density at radius 2 is 2.20 bits per heavy atom. The fourth-order valence-corrected chi connectivity index (χ4v) is 2.49. The molecule has 0 bridgehead atoms. The number of aliphatic carboxylic acids is 1. The van der Waals surface area contributed by atoms with Gasteiger partial charge >= 0.3 is 12.0 Å². The van der Waals surface area contributed by atoms with Crippen LogP contribution in [0.4, 0.5) is 10.6 Å². The first-order valence-corrected chi connectivity index (χ1v) is 6.67. The number of hydrogen-bond acceptors (Lipinski definition) is 3. The highest BCUT2D eigenvalue weighted by atomic mass is 16.4. The standard InChI is InChI=1S/C14H19N3O3/c1-9-3-4-15-12(6-9)16-14(20)17-7-10(2)5-11(8-17)13(18)19/h3-4,6,10-11H,5,7-8H2,1-2H3,(H,18,19)(H,15,16,20). The van der Waals surface area contributed by atoms with Gasteiger partial charge in [0.05, 0.1) is 5.92 Å². The minimum atomic E-state index is -0.844. The maximum Gasteiger partial charge on any atom is 0.323 e. The summed E-state index contributed by atoms with van der Waals surface area (Å²) in [5, 5.41) is 11.8. The van der Waals surface area contributed by atoms with Crippen LogP contribution in [0.1, 0.15) is 18.9 Å². The van der Waals surface area contributed by atoms with Crippen molar-refractivity contribution in [3.8, 4) is 0 Å². The van der Waals surface area contributed by atoms with E-state index < -0.39 is 11.9 Å². The molecule has 6 heteroatoms. The number of nitrogens with zero attached hydrogens (tertiary/aromatic N) is 2. The van der Waals surface area contributed by atoms with Crippen molar-refractivity contribution < 1.29 is 14.7 Å². The summed E-state index contributed by atoms with van der Waals surface area (Å²) < 4.78 is 0. The van der Waals surface area contributed by atoms with Gasteiger partial charge in [0.25, 0.3) is 0 Å². The predicted octanol–water partition coefficient (Wildman–Crippen LogP) is 1.96. The van der Waals surface area contributed by atoms with Gasteiger partial charge in [-0.25, -0.2) is 9.78 Å². The van der Waals surface area contributed by atoms with E-state index in [4.69, 9.17) is 5.11 Å². The van der Waals surface area contributed by atoms with Gasteiger partial charge in [-0.3, -0.25) is 10.1 Å². The van der Waals surface area contributed by atoms with Gasteiger partial charge in [-0.2, -0.15) is 0 Å². The second-order valence-corrected chi connectivity index (χ2v) is 5.43. The largest absolute Gasteiger partial charge is 0.481 e. The minimum absolute atomic E-state index is 0.182. The van der Waals surface area contributed by atoms with E-state index in [1.807, 2.05) is 19.9 Å². The lowest BCUT2D eigenvalue weighted by Crippen LogP contribution is -2.47. The highest BCUT2D eigenvalue weighted by Gasteiger charge is 2.31. The Bertz CT molecular complexity index is 518. The van der Waals surface area contributed by atoms with E-state index in [-0.39, 0.29) is 18.5 Å². The average Bonchev–Trinajstić information content (AvgIpc) is 2.37. The number of nitrogens with one attached hydrogen (secondary N) is 1. The van der Waals surface area contributed by atoms with Gasteiger partial charge in [0.15, 0.2) is 0 Å². The van der Waals surface area contributed by atoms with E-state index in [9.17, 15) is 9.59 Å². The number of likely N-dealkylation sites (tertiary alicyclic amines) is 1. The summed E-state index contributed by atoms with van der Waals surface area (Å²) >= 11 is 0. The van der Waals surface area contributed by atoms with Crippen LogP contribution < -0.4 is 5.32 Å². The number of aryl methyl sites for hydroxylation is 1. The van der Waals surface area contributed by atoms with Crippen LogP contribution in [-0.2, 0) is 4.79 Å². The van der Waals surface area contributed by atoms with Crippen LogP contribution in [0.25, 0.3) is 0 Å². The zero-order valence-electron chi connectivity index (χ0n) is 11.7. The van der Waals surface area contributed by atoms with Gasteiger partial charge in [0.2, 0.25) is 0 Å². The lowest BCUT2D eigenvalue weighted by Gasteiger charge is -2.34. The molecule has 0 spiro atoms. The third-order valence-electron chi connectivity index (χ3n) is 3.45. The Hall–Kier alpha value is -2.11. The normalized spacial score (nSPS) is 22.4. The van der Waals surface area contributed by atoms with Crippen molar-refractivity contribution in [1.29, 1.82) is 0 Å². The molecule has 0 aromatic carbocycles. The second kappa shape index (κ2) is 5.90. The molecule has 2 amide bonds. The zero-order chi connectivity index (χ0) is 14.7. The predicted molar refractivity (Wildman–Crippen MR) is 74.5 cm³/mol. The Morgan fingerprint density at radius 1 is 1.45 bits per heavy atom. The number of carbonyl (C=O) groups is 2. The number of carbonyl (C=O) groups excluding carboxylic acids is 1. The van der Waals surface area contributed by atoms with Crippen LogP contribution in [0.15, 0.2) is 18.3 Å². The summed E-state index contributed by atoms with van der Waals surface area (Å²) in [6.45, 7) is 4.69. The number of rotatable bonds is 2. The summed E-state index contributed by atoms with van der Waals surface area (Å²) in [6.07, 6.45) is 2.24. The highest BCUT2D eigenvalue weighted by molar-refractivity contribution is 5.88. The van der Waals surface area contributed by atoms with Crippen molar-refractivity contribution in [2.75, 3.05) is 18.4 Å². The first kappa shape index (κ1) is 14.3. The molecule has 2 heterocycles. The first-order valence-electron chi connectivity index (χ1n) is 6.67. The van der Waals surface area contributed by atoms with Crippen molar-refractivity contribution in [2.24, 2.45) is 11.8 Å². The van der Waals surface area contributed by atoms with Gasteiger partial charge in [0.1, 0.15) is 5.82 Å². The Balaban J connectivity index is 2.03. The van der Waals surface area contributed by atoms with Crippen molar-refractivity contribution in [3.05, 3.63) is 23.9 Å². The fourth-order valence-electron chi connectivity index (χ4n) is 2.49. The molecule has 2 atom stereocenters. The maximum atomic E-state index is 12.2. The lowest BCUT2D eigenvalue weighted by molar-refractivity contribution is -0.143. The van der Waals surface area contributed by atoms with E-state index in [2.05, 4.69) is 10.3 Å². The summed E-state index contributed by atoms with van der Waals surface area (Å²) in [7, 11) is 0. The molecule has 2 rings (SSSR count). The van der Waals surface area contributed by atoms with E-state index in [1.165, 1.54) is 0 Å². The van der Waals surface area contributed by atoms with E-state index in [0.717, 1.165) is 5.56 Å². The molecule has 0 radical (unpaired) electrons. The monoisotopic (exact) mass is 277 g/mol. The molecule has 6 nitrogen and oxygen atoms in total. The number of anilines is 1. The van der Waals surface area contributed by atoms with Gasteiger partial charge in [-0.05, 0) is 37.0 Å². The van der Waals surface area contributed by atoms with Gasteiger partial charge in [-0.15, -0.1) is 0 Å². The molecular formula is C14H19N3O3. The third kappa shape index (κ3) is 3.46. The minimum Gasteiger partial charge on any atom is -0.481 e. The number of amides is 2. The van der Waals surface area contributed by atoms with E-state index in [1.54, 1.807) is 17.2 Å². The van der Waals surface area contributed by atoms with Crippen LogP contribution in [-0.4, -0.2) is 40.1 Å². The molecule has 1 aromatic heterocycles. The van der Waals surface area contributed by atoms with Crippen LogP contribution in [0, 0.1) is 18.8 Å². The molecule has 2 N–H and O–H groups in total. The smallest absolute Gasteiger partial charge is 0.323 e. The summed E-state index contributed by atoms with van der Waals surface area (Å²) in [5.74, 6) is -0.667. The third-order valence-corrected chi connectivity index (χ3v) is 3.45. The average molecular weight is 277 g/mol. The van der Waals surface area contributed by atoms with Crippen molar-refractivity contribution in [1.82, 2.24) is 9.88 Å². The number of urea groups is 1. The Labute approximate surface area is 117 Å². The summed E-state index contributed by atoms with van der Waals surface area (Å²) in [4.78, 5) is 28.9. The maximum absolute atomic E-state index is 12.2. The van der Waals surface area contributed by atoms with Gasteiger partial charge in [0, 0.05) is 19.3 Å². The second-order valence-electron chi connectivity index (χ2n) is 5.43. The Kier molecular flexibility index (Phi) is 4.22. The molecule has 1 aliphatic rings. The molecular weight excluding hydrogens is 258 g/mol. The number of carboxylic acids is 1. The number of piperidine rings is 1. The molecule has 0 saturated carbocycles. The van der Waals surface area contributed by atoms with Crippen molar-refractivity contribution in [2.45, 2.75) is 20.3 Å². The molecule has 2 unspecified atom stereocenters. The number of aromatic nitrogens is 1. The van der Waals surface area contributed by atoms with E-state index in [0.29, 0.717) is 18.8 Å². The number of hydrogen-bond donors (Lipinski definition) is 2. The topological polar surface area (TPSA) is 82.5 Å².